The van der Waals surface area contributed by atoms with Crippen LogP contribution in [0.25, 0.3) is 11.6 Å². The number of ether oxygens (including phenoxy) is 2. The van der Waals surface area contributed by atoms with Gasteiger partial charge in [-0.2, -0.15) is 13.2 Å². The molecule has 0 aliphatic heterocycles. The molecule has 0 spiro atoms. The predicted octanol–water partition coefficient (Wildman–Crippen LogP) is 4.86. The number of carbonyl (C=O) groups excluding carboxylic acids is 2. The van der Waals surface area contributed by atoms with Crippen LogP contribution < -0.4 is 16.2 Å². The highest BCUT2D eigenvalue weighted by Gasteiger charge is 2.33. The van der Waals surface area contributed by atoms with Crippen molar-refractivity contribution in [3.05, 3.63) is 89.0 Å². The number of rotatable bonds is 8. The number of nitrogen functional groups attached to an aromatic ring is 1. The lowest BCUT2D eigenvalue weighted by Gasteiger charge is -2.14. The second-order valence-electron chi connectivity index (χ2n) is 7.63. The molecular weight excluding hydrogens is 461 g/mol. The van der Waals surface area contributed by atoms with Gasteiger partial charge in [-0.1, -0.05) is 36.4 Å². The van der Waals surface area contributed by atoms with Gasteiger partial charge in [0.25, 0.3) is 0 Å². The number of hydrogen-bond donors (Lipinski definition) is 2. The minimum Gasteiger partial charge on any atom is -0.468 e. The van der Waals surface area contributed by atoms with Gasteiger partial charge in [-0.15, -0.1) is 0 Å². The maximum atomic E-state index is 13.8. The van der Waals surface area contributed by atoms with Gasteiger partial charge >= 0.3 is 12.1 Å². The minimum atomic E-state index is -4.70. The molecule has 0 aliphatic carbocycles. The van der Waals surface area contributed by atoms with E-state index in [4.69, 9.17) is 16.2 Å². The molecule has 3 rings (SSSR count). The van der Waals surface area contributed by atoms with E-state index in [-0.39, 0.29) is 29.0 Å². The maximum absolute atomic E-state index is 13.8. The van der Waals surface area contributed by atoms with Gasteiger partial charge in [0.05, 0.1) is 12.7 Å². The minimum absolute atomic E-state index is 0.0167. The van der Waals surface area contributed by atoms with E-state index in [0.717, 1.165) is 17.7 Å². The molecule has 6 nitrogen and oxygen atoms in total. The molecule has 0 saturated carbocycles. The number of anilines is 1. The van der Waals surface area contributed by atoms with Gasteiger partial charge in [0.1, 0.15) is 17.5 Å². The van der Waals surface area contributed by atoms with Crippen LogP contribution in [0.5, 0.6) is 11.5 Å². The summed E-state index contributed by atoms with van der Waals surface area (Å²) in [5.41, 5.74) is 11.8. The zero-order valence-corrected chi connectivity index (χ0v) is 18.7. The van der Waals surface area contributed by atoms with Crippen molar-refractivity contribution in [2.75, 3.05) is 12.8 Å². The summed E-state index contributed by atoms with van der Waals surface area (Å²) in [5.74, 6) is -0.297. The van der Waals surface area contributed by atoms with Gasteiger partial charge in [-0.3, -0.25) is 9.59 Å². The van der Waals surface area contributed by atoms with Crippen molar-refractivity contribution in [3.63, 3.8) is 0 Å². The van der Waals surface area contributed by atoms with Crippen molar-refractivity contribution in [3.8, 4) is 11.5 Å². The Kier molecular flexibility index (Phi) is 7.93. The molecule has 0 fully saturated rings. The van der Waals surface area contributed by atoms with Crippen LogP contribution in [0.3, 0.4) is 0 Å². The van der Waals surface area contributed by atoms with E-state index >= 15 is 0 Å². The fourth-order valence-corrected chi connectivity index (χ4v) is 3.39. The zero-order chi connectivity index (χ0) is 25.6. The molecule has 0 aliphatic rings. The van der Waals surface area contributed by atoms with E-state index in [1.165, 1.54) is 19.2 Å². The smallest absolute Gasteiger partial charge is 0.417 e. The maximum Gasteiger partial charge on any atom is 0.417 e. The molecule has 0 bridgehead atoms. The third kappa shape index (κ3) is 6.48. The number of nitrogens with two attached hydrogens (primary N) is 2. The molecule has 35 heavy (non-hydrogen) atoms. The number of halogens is 3. The molecule has 3 aromatic carbocycles. The Balaban J connectivity index is 1.87. The SMILES string of the molecule is COC(=O)C(N)Cc1ccc(Oc2ccc(/C=C(/C=O)c3ccccc3N)c(C(F)(F)F)c2)cc1. The summed E-state index contributed by atoms with van der Waals surface area (Å²) in [6.45, 7) is 0. The molecule has 4 N–H and O–H groups in total. The van der Waals surface area contributed by atoms with E-state index in [9.17, 15) is 22.8 Å². The molecule has 0 radical (unpaired) electrons. The molecule has 0 aromatic heterocycles. The number of methoxy groups -OCH3 is 1. The lowest BCUT2D eigenvalue weighted by atomic mass is 9.99. The predicted molar refractivity (Wildman–Crippen MR) is 126 cm³/mol. The summed E-state index contributed by atoms with van der Waals surface area (Å²) in [7, 11) is 1.24. The van der Waals surface area contributed by atoms with Crippen LogP contribution in [0, 0.1) is 0 Å². The molecular formula is C26H23F3N2O4. The van der Waals surface area contributed by atoms with E-state index in [0.29, 0.717) is 17.6 Å². The zero-order valence-electron chi connectivity index (χ0n) is 18.7. The largest absolute Gasteiger partial charge is 0.468 e. The molecule has 0 saturated heterocycles. The van der Waals surface area contributed by atoms with Crippen LogP contribution in [0.4, 0.5) is 18.9 Å². The van der Waals surface area contributed by atoms with Crippen LogP contribution in [0.2, 0.25) is 0 Å². The Bertz CT molecular complexity index is 1240. The first-order valence-electron chi connectivity index (χ1n) is 10.5. The number of alkyl halides is 3. The van der Waals surface area contributed by atoms with Crippen molar-refractivity contribution in [1.29, 1.82) is 0 Å². The van der Waals surface area contributed by atoms with Crippen LogP contribution in [-0.2, 0) is 26.9 Å². The normalized spacial score (nSPS) is 12.7. The summed E-state index contributed by atoms with van der Waals surface area (Å²) in [6.07, 6.45) is -2.86. The summed E-state index contributed by atoms with van der Waals surface area (Å²) < 4.78 is 51.7. The van der Waals surface area contributed by atoms with E-state index in [2.05, 4.69) is 4.74 Å². The summed E-state index contributed by atoms with van der Waals surface area (Å²) in [5, 5.41) is 0. The number of allylic oxidation sites excluding steroid dienone is 1. The molecule has 9 heteroatoms. The van der Waals surface area contributed by atoms with Gasteiger partial charge in [0.15, 0.2) is 6.29 Å². The van der Waals surface area contributed by atoms with Crippen molar-refractivity contribution in [2.24, 2.45) is 5.73 Å². The number of esters is 1. The Morgan fingerprint density at radius 1 is 1.03 bits per heavy atom. The molecule has 0 heterocycles. The van der Waals surface area contributed by atoms with Crippen molar-refractivity contribution < 1.29 is 32.2 Å². The number of para-hydroxylation sites is 1. The summed E-state index contributed by atoms with van der Waals surface area (Å²) >= 11 is 0. The van der Waals surface area contributed by atoms with E-state index in [1.807, 2.05) is 0 Å². The second-order valence-corrected chi connectivity index (χ2v) is 7.63. The first kappa shape index (κ1) is 25.5. The summed E-state index contributed by atoms with van der Waals surface area (Å²) in [6, 6.07) is 15.5. The molecule has 0 amide bonds. The Morgan fingerprint density at radius 3 is 2.29 bits per heavy atom. The highest BCUT2D eigenvalue weighted by Crippen LogP contribution is 2.37. The Morgan fingerprint density at radius 2 is 1.69 bits per heavy atom. The number of hydrogen-bond acceptors (Lipinski definition) is 6. The van der Waals surface area contributed by atoms with Gasteiger partial charge < -0.3 is 20.9 Å². The fourth-order valence-electron chi connectivity index (χ4n) is 3.39. The first-order chi connectivity index (χ1) is 16.6. The highest BCUT2D eigenvalue weighted by atomic mass is 19.4. The topological polar surface area (TPSA) is 105 Å². The third-order valence-electron chi connectivity index (χ3n) is 5.16. The molecule has 1 unspecified atom stereocenters. The average Bonchev–Trinajstić information content (AvgIpc) is 2.83. The van der Waals surface area contributed by atoms with Crippen molar-refractivity contribution in [1.82, 2.24) is 0 Å². The van der Waals surface area contributed by atoms with Gasteiger partial charge in [0.2, 0.25) is 0 Å². The van der Waals surface area contributed by atoms with Crippen LogP contribution in [-0.4, -0.2) is 25.4 Å². The Hall–Kier alpha value is -4.11. The summed E-state index contributed by atoms with van der Waals surface area (Å²) in [4.78, 5) is 23.1. The lowest BCUT2D eigenvalue weighted by molar-refractivity contribution is -0.142. The third-order valence-corrected chi connectivity index (χ3v) is 5.16. The Labute approximate surface area is 200 Å². The van der Waals surface area contributed by atoms with Gasteiger partial charge in [-0.05, 0) is 54.0 Å². The average molecular weight is 484 g/mol. The fraction of sp³-hybridized carbons (Fsp3) is 0.154. The standard InChI is InChI=1S/C26H23F3N2O4/c1-34-25(33)24(31)12-16-6-9-19(10-7-16)35-20-11-8-17(22(14-20)26(27,28)29)13-18(15-32)21-4-2-3-5-23(21)30/h2-11,13-15,24H,12,30-31H2,1H3/b18-13-. The van der Waals surface area contributed by atoms with Crippen LogP contribution in [0.1, 0.15) is 22.3 Å². The van der Waals surface area contributed by atoms with Crippen molar-refractivity contribution in [2.45, 2.75) is 18.6 Å². The molecule has 1 atom stereocenters. The van der Waals surface area contributed by atoms with E-state index < -0.39 is 23.8 Å². The van der Waals surface area contributed by atoms with Crippen molar-refractivity contribution >= 4 is 29.6 Å². The number of benzene rings is 3. The van der Waals surface area contributed by atoms with Crippen LogP contribution in [0.15, 0.2) is 66.7 Å². The molecule has 3 aromatic rings. The molecule has 182 valence electrons. The lowest BCUT2D eigenvalue weighted by Crippen LogP contribution is -2.33. The van der Waals surface area contributed by atoms with E-state index in [1.54, 1.807) is 48.5 Å². The quantitative estimate of drug-likeness (QED) is 0.156. The number of aldehydes is 1. The first-order valence-corrected chi connectivity index (χ1v) is 10.5. The highest BCUT2D eigenvalue weighted by molar-refractivity contribution is 6.15. The number of carbonyl (C=O) groups is 2. The van der Waals surface area contributed by atoms with Crippen LogP contribution >= 0.6 is 0 Å². The van der Waals surface area contributed by atoms with Gasteiger partial charge in [0, 0.05) is 16.8 Å². The second kappa shape index (κ2) is 10.9. The monoisotopic (exact) mass is 484 g/mol. The van der Waals surface area contributed by atoms with Gasteiger partial charge in [-0.25, -0.2) is 0 Å².